The molecular weight excluding hydrogens is 310 g/mol. The van der Waals surface area contributed by atoms with Gasteiger partial charge in [-0.05, 0) is 24.6 Å². The highest BCUT2D eigenvalue weighted by Crippen LogP contribution is 2.31. The maximum atomic E-state index is 11.8. The van der Waals surface area contributed by atoms with Crippen LogP contribution >= 0.6 is 0 Å². The van der Waals surface area contributed by atoms with Crippen LogP contribution < -0.4 is 9.64 Å². The molecule has 1 aromatic carbocycles. The molecule has 2 heterocycles. The van der Waals surface area contributed by atoms with Crippen molar-refractivity contribution in [2.45, 2.75) is 6.92 Å². The van der Waals surface area contributed by atoms with Crippen LogP contribution in [0.25, 0.3) is 11.1 Å². The van der Waals surface area contributed by atoms with Crippen molar-refractivity contribution < 1.29 is 18.8 Å². The highest BCUT2D eigenvalue weighted by Gasteiger charge is 2.25. The highest BCUT2D eigenvalue weighted by molar-refractivity contribution is 5.75. The lowest BCUT2D eigenvalue weighted by Crippen LogP contribution is -2.49. The first kappa shape index (κ1) is 16.2. The number of ether oxygens (including phenoxy) is 2. The molecule has 0 aliphatic carbocycles. The molecule has 1 saturated heterocycles. The van der Waals surface area contributed by atoms with Crippen molar-refractivity contribution in [3.63, 3.8) is 0 Å². The second kappa shape index (κ2) is 7.25. The molecule has 0 bridgehead atoms. The zero-order chi connectivity index (χ0) is 16.9. The summed E-state index contributed by atoms with van der Waals surface area (Å²) < 4.78 is 15.4. The van der Waals surface area contributed by atoms with Gasteiger partial charge in [0.1, 0.15) is 12.0 Å². The van der Waals surface area contributed by atoms with Gasteiger partial charge in [0, 0.05) is 26.2 Å². The topological polar surface area (TPSA) is 68.0 Å². The van der Waals surface area contributed by atoms with Gasteiger partial charge in [-0.2, -0.15) is 0 Å². The zero-order valence-electron chi connectivity index (χ0n) is 13.9. The summed E-state index contributed by atoms with van der Waals surface area (Å²) in [4.78, 5) is 15.6. The van der Waals surface area contributed by atoms with Gasteiger partial charge in [0.05, 0.1) is 19.3 Å². The van der Waals surface area contributed by atoms with Crippen LogP contribution in [0.15, 0.2) is 35.1 Å². The Morgan fingerprint density at radius 3 is 2.54 bits per heavy atom. The SMILES string of the molecule is CCOC(=O)N1CCN(c2nocc2-c2ccc(OC)cc2)CC1. The monoisotopic (exact) mass is 331 g/mol. The van der Waals surface area contributed by atoms with Crippen LogP contribution in [-0.4, -0.2) is 56.0 Å². The number of anilines is 1. The number of hydrogen-bond acceptors (Lipinski definition) is 6. The first-order valence-electron chi connectivity index (χ1n) is 7.98. The van der Waals surface area contributed by atoms with Gasteiger partial charge < -0.3 is 23.8 Å². The highest BCUT2D eigenvalue weighted by atomic mass is 16.6. The lowest BCUT2D eigenvalue weighted by Gasteiger charge is -2.34. The van der Waals surface area contributed by atoms with E-state index in [-0.39, 0.29) is 6.09 Å². The van der Waals surface area contributed by atoms with Crippen LogP contribution in [0.5, 0.6) is 5.75 Å². The fraction of sp³-hybridized carbons (Fsp3) is 0.412. The summed E-state index contributed by atoms with van der Waals surface area (Å²) >= 11 is 0. The molecule has 24 heavy (non-hydrogen) atoms. The molecule has 0 atom stereocenters. The normalized spacial score (nSPS) is 14.6. The minimum absolute atomic E-state index is 0.257. The molecule has 7 heteroatoms. The van der Waals surface area contributed by atoms with Gasteiger partial charge in [-0.1, -0.05) is 17.3 Å². The predicted octanol–water partition coefficient (Wildman–Crippen LogP) is 2.63. The minimum atomic E-state index is -0.257. The number of rotatable bonds is 4. The summed E-state index contributed by atoms with van der Waals surface area (Å²) in [5.74, 6) is 1.60. The van der Waals surface area contributed by atoms with Crippen molar-refractivity contribution in [1.82, 2.24) is 10.1 Å². The standard InChI is InChI=1S/C17H21N3O4/c1-3-23-17(21)20-10-8-19(9-11-20)16-15(12-24-18-16)13-4-6-14(22-2)7-5-13/h4-7,12H,3,8-11H2,1-2H3. The molecule has 1 aliphatic heterocycles. The van der Waals surface area contributed by atoms with Crippen molar-refractivity contribution >= 4 is 11.9 Å². The summed E-state index contributed by atoms with van der Waals surface area (Å²) in [6.45, 7) is 4.79. The Hall–Kier alpha value is -2.70. The van der Waals surface area contributed by atoms with Crippen molar-refractivity contribution in [2.24, 2.45) is 0 Å². The molecule has 0 unspecified atom stereocenters. The molecule has 3 rings (SSSR count). The third-order valence-corrected chi connectivity index (χ3v) is 4.06. The number of benzene rings is 1. The van der Waals surface area contributed by atoms with Gasteiger partial charge in [0.2, 0.25) is 0 Å². The number of nitrogens with zero attached hydrogens (tertiary/aromatic N) is 3. The fourth-order valence-corrected chi connectivity index (χ4v) is 2.74. The van der Waals surface area contributed by atoms with E-state index in [9.17, 15) is 4.79 Å². The van der Waals surface area contributed by atoms with Crippen LogP contribution in [0.3, 0.4) is 0 Å². The summed E-state index contributed by atoms with van der Waals surface area (Å²) in [7, 11) is 1.64. The van der Waals surface area contributed by atoms with Crippen molar-refractivity contribution in [2.75, 3.05) is 44.8 Å². The molecule has 1 aliphatic rings. The molecule has 1 amide bonds. The molecule has 0 spiro atoms. The average Bonchev–Trinajstić information content (AvgIpc) is 3.12. The van der Waals surface area contributed by atoms with Crippen LogP contribution in [0, 0.1) is 0 Å². The zero-order valence-corrected chi connectivity index (χ0v) is 13.9. The Morgan fingerprint density at radius 2 is 1.92 bits per heavy atom. The molecule has 128 valence electrons. The molecule has 2 aromatic rings. The van der Waals surface area contributed by atoms with Crippen LogP contribution in [0.4, 0.5) is 10.6 Å². The Kier molecular flexibility index (Phi) is 4.88. The Bertz CT molecular complexity index is 675. The first-order valence-corrected chi connectivity index (χ1v) is 7.98. The Labute approximate surface area is 140 Å². The molecule has 0 N–H and O–H groups in total. The number of hydrogen-bond donors (Lipinski definition) is 0. The van der Waals surface area contributed by atoms with Crippen molar-refractivity contribution in [1.29, 1.82) is 0 Å². The van der Waals surface area contributed by atoms with E-state index in [2.05, 4.69) is 10.1 Å². The molecular formula is C17H21N3O4. The summed E-state index contributed by atoms with van der Waals surface area (Å²) in [5.41, 5.74) is 1.95. The molecule has 0 radical (unpaired) electrons. The number of piperazine rings is 1. The van der Waals surface area contributed by atoms with Crippen LogP contribution in [0.2, 0.25) is 0 Å². The molecule has 1 aromatic heterocycles. The summed E-state index contributed by atoms with van der Waals surface area (Å²) in [5, 5.41) is 4.15. The van der Waals surface area contributed by atoms with Gasteiger partial charge >= 0.3 is 6.09 Å². The maximum absolute atomic E-state index is 11.8. The van der Waals surface area contributed by atoms with E-state index in [1.54, 1.807) is 18.3 Å². The maximum Gasteiger partial charge on any atom is 0.409 e. The number of methoxy groups -OCH3 is 1. The van der Waals surface area contributed by atoms with Gasteiger partial charge in [-0.15, -0.1) is 0 Å². The largest absolute Gasteiger partial charge is 0.497 e. The second-order valence-corrected chi connectivity index (χ2v) is 5.45. The Morgan fingerprint density at radius 1 is 1.21 bits per heavy atom. The third kappa shape index (κ3) is 3.29. The fourth-order valence-electron chi connectivity index (χ4n) is 2.74. The minimum Gasteiger partial charge on any atom is -0.497 e. The quantitative estimate of drug-likeness (QED) is 0.858. The van der Waals surface area contributed by atoms with E-state index in [1.807, 2.05) is 31.2 Å². The molecule has 1 fully saturated rings. The van der Waals surface area contributed by atoms with Crippen molar-refractivity contribution in [3.05, 3.63) is 30.5 Å². The van der Waals surface area contributed by atoms with E-state index < -0.39 is 0 Å². The van der Waals surface area contributed by atoms with E-state index in [1.165, 1.54) is 0 Å². The van der Waals surface area contributed by atoms with E-state index in [0.29, 0.717) is 32.8 Å². The molecule has 7 nitrogen and oxygen atoms in total. The summed E-state index contributed by atoms with van der Waals surface area (Å²) in [6.07, 6.45) is 1.39. The lowest BCUT2D eigenvalue weighted by atomic mass is 10.1. The number of carbonyl (C=O) groups excluding carboxylic acids is 1. The van der Waals surface area contributed by atoms with E-state index in [4.69, 9.17) is 14.0 Å². The number of carbonyl (C=O) groups is 1. The second-order valence-electron chi connectivity index (χ2n) is 5.45. The van der Waals surface area contributed by atoms with Gasteiger partial charge in [0.25, 0.3) is 0 Å². The average molecular weight is 331 g/mol. The Balaban J connectivity index is 1.71. The van der Waals surface area contributed by atoms with Gasteiger partial charge in [-0.25, -0.2) is 4.79 Å². The molecule has 0 saturated carbocycles. The lowest BCUT2D eigenvalue weighted by molar-refractivity contribution is 0.105. The van der Waals surface area contributed by atoms with Crippen molar-refractivity contribution in [3.8, 4) is 16.9 Å². The predicted molar refractivity (Wildman–Crippen MR) is 89.3 cm³/mol. The number of amides is 1. The van der Waals surface area contributed by atoms with Crippen LogP contribution in [-0.2, 0) is 4.74 Å². The smallest absolute Gasteiger partial charge is 0.409 e. The van der Waals surface area contributed by atoms with Gasteiger partial charge in [-0.3, -0.25) is 0 Å². The van der Waals surface area contributed by atoms with Gasteiger partial charge in [0.15, 0.2) is 5.82 Å². The third-order valence-electron chi connectivity index (χ3n) is 4.06. The summed E-state index contributed by atoms with van der Waals surface area (Å²) in [6, 6.07) is 7.77. The van der Waals surface area contributed by atoms with Crippen LogP contribution in [0.1, 0.15) is 6.92 Å². The van der Waals surface area contributed by atoms with E-state index in [0.717, 1.165) is 22.7 Å². The van der Waals surface area contributed by atoms with E-state index >= 15 is 0 Å². The first-order chi connectivity index (χ1) is 11.7. The number of aromatic nitrogens is 1.